The van der Waals surface area contributed by atoms with Gasteiger partial charge in [0.25, 0.3) is 0 Å². The summed E-state index contributed by atoms with van der Waals surface area (Å²) >= 11 is 0. The zero-order valence-electron chi connectivity index (χ0n) is 10.8. The van der Waals surface area contributed by atoms with Crippen molar-refractivity contribution in [3.63, 3.8) is 0 Å². The molecule has 0 radical (unpaired) electrons. The van der Waals surface area contributed by atoms with Crippen LogP contribution in [0.3, 0.4) is 0 Å². The van der Waals surface area contributed by atoms with Gasteiger partial charge in [-0.05, 0) is 12.1 Å². The van der Waals surface area contributed by atoms with Crippen LogP contribution in [0.4, 0.5) is 23.7 Å². The molecule has 1 amide bonds. The van der Waals surface area contributed by atoms with Gasteiger partial charge in [-0.3, -0.25) is 0 Å². The van der Waals surface area contributed by atoms with Gasteiger partial charge in [0.05, 0.1) is 0 Å². The van der Waals surface area contributed by atoms with E-state index in [1.807, 2.05) is 30.3 Å². The zero-order chi connectivity index (χ0) is 14.6. The molecule has 0 unspecified atom stereocenters. The summed E-state index contributed by atoms with van der Waals surface area (Å²) in [5.74, 6) is 0. The van der Waals surface area contributed by atoms with E-state index in [4.69, 9.17) is 0 Å². The molecule has 0 atom stereocenters. The molecule has 1 fully saturated rings. The Morgan fingerprint density at radius 2 is 1.70 bits per heavy atom. The minimum absolute atomic E-state index is 0.353. The number of rotatable bonds is 2. The van der Waals surface area contributed by atoms with Crippen LogP contribution in [0.5, 0.6) is 0 Å². The maximum atomic E-state index is 12.0. The monoisotopic (exact) mass is 288 g/mol. The summed E-state index contributed by atoms with van der Waals surface area (Å²) in [6, 6.07) is 9.65. The minimum Gasteiger partial charge on any atom is -0.440 e. The van der Waals surface area contributed by atoms with Crippen LogP contribution in [0.1, 0.15) is 0 Å². The number of alkyl halides is 3. The van der Waals surface area contributed by atoms with Crippen LogP contribution in [0, 0.1) is 0 Å². The SMILES string of the molecule is O=C(OCC(F)(F)F)N1CCN(c2ccccc2)CC1. The molecule has 1 aromatic carbocycles. The quantitative estimate of drug-likeness (QED) is 0.838. The lowest BCUT2D eigenvalue weighted by molar-refractivity contribution is -0.162. The van der Waals surface area contributed by atoms with E-state index in [9.17, 15) is 18.0 Å². The molecule has 0 spiro atoms. The lowest BCUT2D eigenvalue weighted by atomic mass is 10.2. The second-order valence-corrected chi connectivity index (χ2v) is 4.48. The first-order valence-corrected chi connectivity index (χ1v) is 6.24. The summed E-state index contributed by atoms with van der Waals surface area (Å²) in [4.78, 5) is 14.8. The Hall–Kier alpha value is -1.92. The molecule has 1 aromatic rings. The fourth-order valence-corrected chi connectivity index (χ4v) is 2.02. The molecule has 4 nitrogen and oxygen atoms in total. The Morgan fingerprint density at radius 1 is 1.10 bits per heavy atom. The highest BCUT2D eigenvalue weighted by atomic mass is 19.4. The largest absolute Gasteiger partial charge is 0.440 e. The van der Waals surface area contributed by atoms with Crippen molar-refractivity contribution in [2.24, 2.45) is 0 Å². The van der Waals surface area contributed by atoms with Crippen molar-refractivity contribution < 1.29 is 22.7 Å². The lowest BCUT2D eigenvalue weighted by Crippen LogP contribution is -2.49. The number of nitrogens with zero attached hydrogens (tertiary/aromatic N) is 2. The molecule has 0 aliphatic carbocycles. The van der Waals surface area contributed by atoms with E-state index in [2.05, 4.69) is 9.64 Å². The number of amides is 1. The Balaban J connectivity index is 1.81. The van der Waals surface area contributed by atoms with Gasteiger partial charge in [-0.1, -0.05) is 18.2 Å². The van der Waals surface area contributed by atoms with Crippen molar-refractivity contribution in [1.82, 2.24) is 4.90 Å². The van der Waals surface area contributed by atoms with Crippen LogP contribution in [-0.4, -0.2) is 50.0 Å². The fourth-order valence-electron chi connectivity index (χ4n) is 2.02. The van der Waals surface area contributed by atoms with Gasteiger partial charge in [0.1, 0.15) is 0 Å². The fraction of sp³-hybridized carbons (Fsp3) is 0.462. The van der Waals surface area contributed by atoms with Gasteiger partial charge in [0.15, 0.2) is 6.61 Å². The third kappa shape index (κ3) is 4.04. The summed E-state index contributed by atoms with van der Waals surface area (Å²) < 4.78 is 40.1. The summed E-state index contributed by atoms with van der Waals surface area (Å²) in [5.41, 5.74) is 1.04. The normalized spacial score (nSPS) is 16.1. The number of benzene rings is 1. The zero-order valence-corrected chi connectivity index (χ0v) is 10.8. The maximum absolute atomic E-state index is 12.0. The third-order valence-corrected chi connectivity index (χ3v) is 3.02. The van der Waals surface area contributed by atoms with E-state index >= 15 is 0 Å². The van der Waals surface area contributed by atoms with Crippen molar-refractivity contribution in [2.45, 2.75) is 6.18 Å². The Morgan fingerprint density at radius 3 is 2.25 bits per heavy atom. The molecule has 1 aliphatic heterocycles. The van der Waals surface area contributed by atoms with Crippen LogP contribution in [0.25, 0.3) is 0 Å². The Bertz CT molecular complexity index is 443. The highest BCUT2D eigenvalue weighted by molar-refractivity contribution is 5.68. The molecule has 1 aliphatic rings. The number of piperazine rings is 1. The molecule has 1 saturated heterocycles. The number of hydrogen-bond donors (Lipinski definition) is 0. The van der Waals surface area contributed by atoms with Gasteiger partial charge < -0.3 is 14.5 Å². The van der Waals surface area contributed by atoms with Gasteiger partial charge in [0.2, 0.25) is 0 Å². The third-order valence-electron chi connectivity index (χ3n) is 3.02. The Labute approximate surface area is 114 Å². The summed E-state index contributed by atoms with van der Waals surface area (Å²) in [6.45, 7) is 0.318. The van der Waals surface area contributed by atoms with Gasteiger partial charge in [0, 0.05) is 31.9 Å². The van der Waals surface area contributed by atoms with E-state index in [0.717, 1.165) is 5.69 Å². The highest BCUT2D eigenvalue weighted by Gasteiger charge is 2.31. The highest BCUT2D eigenvalue weighted by Crippen LogP contribution is 2.17. The first-order valence-electron chi connectivity index (χ1n) is 6.24. The number of carbonyl (C=O) groups is 1. The molecule has 0 aromatic heterocycles. The van der Waals surface area contributed by atoms with Crippen molar-refractivity contribution in [3.05, 3.63) is 30.3 Å². The average Bonchev–Trinajstić information content (AvgIpc) is 2.45. The number of carbonyl (C=O) groups excluding carboxylic acids is 1. The van der Waals surface area contributed by atoms with E-state index in [1.54, 1.807) is 0 Å². The van der Waals surface area contributed by atoms with Crippen molar-refractivity contribution in [1.29, 1.82) is 0 Å². The molecule has 0 saturated carbocycles. The molecular weight excluding hydrogens is 273 g/mol. The van der Waals surface area contributed by atoms with E-state index < -0.39 is 18.9 Å². The lowest BCUT2D eigenvalue weighted by Gasteiger charge is -2.35. The average molecular weight is 288 g/mol. The van der Waals surface area contributed by atoms with Crippen LogP contribution in [-0.2, 0) is 4.74 Å². The number of para-hydroxylation sites is 1. The number of anilines is 1. The molecule has 0 bridgehead atoms. The molecule has 2 rings (SSSR count). The number of ether oxygens (including phenoxy) is 1. The van der Waals surface area contributed by atoms with Crippen LogP contribution >= 0.6 is 0 Å². The molecule has 0 N–H and O–H groups in total. The summed E-state index contributed by atoms with van der Waals surface area (Å²) in [7, 11) is 0. The van der Waals surface area contributed by atoms with Crippen LogP contribution in [0.2, 0.25) is 0 Å². The second kappa shape index (κ2) is 6.02. The first-order chi connectivity index (χ1) is 9.46. The molecular formula is C13H15F3N2O2. The van der Waals surface area contributed by atoms with Gasteiger partial charge in [-0.15, -0.1) is 0 Å². The Kier molecular flexibility index (Phi) is 4.36. The van der Waals surface area contributed by atoms with Crippen molar-refractivity contribution in [2.75, 3.05) is 37.7 Å². The van der Waals surface area contributed by atoms with Gasteiger partial charge >= 0.3 is 12.3 Å². The number of hydrogen-bond acceptors (Lipinski definition) is 3. The minimum atomic E-state index is -4.48. The predicted octanol–water partition coefficient (Wildman–Crippen LogP) is 2.51. The van der Waals surface area contributed by atoms with E-state index in [-0.39, 0.29) is 0 Å². The first kappa shape index (κ1) is 14.5. The van der Waals surface area contributed by atoms with Crippen molar-refractivity contribution in [3.8, 4) is 0 Å². The molecule has 20 heavy (non-hydrogen) atoms. The van der Waals surface area contributed by atoms with Gasteiger partial charge in [-0.2, -0.15) is 13.2 Å². The smallest absolute Gasteiger partial charge is 0.422 e. The van der Waals surface area contributed by atoms with Crippen molar-refractivity contribution >= 4 is 11.8 Å². The molecule has 7 heteroatoms. The topological polar surface area (TPSA) is 32.8 Å². The van der Waals surface area contributed by atoms with Gasteiger partial charge in [-0.25, -0.2) is 4.79 Å². The standard InChI is InChI=1S/C13H15F3N2O2/c14-13(15,16)10-20-12(19)18-8-6-17(7-9-18)11-4-2-1-3-5-11/h1-5H,6-10H2. The summed E-state index contributed by atoms with van der Waals surface area (Å²) in [5, 5.41) is 0. The molecule has 1 heterocycles. The van der Waals surface area contributed by atoms with E-state index in [1.165, 1.54) is 4.90 Å². The second-order valence-electron chi connectivity index (χ2n) is 4.48. The maximum Gasteiger partial charge on any atom is 0.422 e. The molecule has 110 valence electrons. The van der Waals surface area contributed by atoms with Crippen LogP contribution in [0.15, 0.2) is 30.3 Å². The summed E-state index contributed by atoms with van der Waals surface area (Å²) in [6.07, 6.45) is -5.39. The van der Waals surface area contributed by atoms with Crippen LogP contribution < -0.4 is 4.90 Å². The van der Waals surface area contributed by atoms with E-state index in [0.29, 0.717) is 26.2 Å². The predicted molar refractivity (Wildman–Crippen MR) is 67.6 cm³/mol. The number of halogens is 3.